The Morgan fingerprint density at radius 1 is 1.17 bits per heavy atom. The van der Waals surface area contributed by atoms with Gasteiger partial charge < -0.3 is 19.6 Å². The fourth-order valence-electron chi connectivity index (χ4n) is 3.41. The average molecular weight is 398 g/mol. The summed E-state index contributed by atoms with van der Waals surface area (Å²) in [4.78, 5) is 29.0. The molecule has 1 aliphatic heterocycles. The number of methoxy groups -OCH3 is 1. The first-order valence-electron chi connectivity index (χ1n) is 9.17. The predicted octanol–water partition coefficient (Wildman–Crippen LogP) is 2.82. The van der Waals surface area contributed by atoms with Gasteiger partial charge in [0, 0.05) is 13.1 Å². The van der Waals surface area contributed by atoms with Crippen molar-refractivity contribution < 1.29 is 23.8 Å². The van der Waals surface area contributed by atoms with Crippen LogP contribution in [0.5, 0.6) is 5.75 Å². The quantitative estimate of drug-likeness (QED) is 0.460. The van der Waals surface area contributed by atoms with Crippen molar-refractivity contribution in [2.24, 2.45) is 0 Å². The van der Waals surface area contributed by atoms with Crippen molar-refractivity contribution in [1.29, 1.82) is 0 Å². The van der Waals surface area contributed by atoms with Gasteiger partial charge >= 0.3 is 0 Å². The number of amides is 1. The van der Waals surface area contributed by atoms with Crippen LogP contribution in [0.25, 0.3) is 5.76 Å². The first kappa shape index (κ1) is 20.5. The second kappa shape index (κ2) is 8.45. The van der Waals surface area contributed by atoms with Gasteiger partial charge in [0.15, 0.2) is 0 Å². The molecule has 29 heavy (non-hydrogen) atoms. The van der Waals surface area contributed by atoms with Gasteiger partial charge in [-0.05, 0) is 37.9 Å². The molecule has 2 aromatic rings. The fraction of sp³-hybridized carbons (Fsp3) is 0.273. The number of aliphatic hydroxyl groups is 1. The maximum absolute atomic E-state index is 13.9. The third-order valence-electron chi connectivity index (χ3n) is 4.86. The summed E-state index contributed by atoms with van der Waals surface area (Å²) in [6, 6.07) is 11.9. The zero-order valence-corrected chi connectivity index (χ0v) is 16.6. The molecule has 152 valence electrons. The molecule has 0 bridgehead atoms. The molecule has 1 heterocycles. The molecular formula is C22H23FN2O4. The highest BCUT2D eigenvalue weighted by atomic mass is 19.1. The Morgan fingerprint density at radius 3 is 2.48 bits per heavy atom. The van der Waals surface area contributed by atoms with Crippen LogP contribution in [0.15, 0.2) is 54.1 Å². The Balaban J connectivity index is 2.19. The standard InChI is InChI=1S/C22H23FN2O4/c1-24(2)11-12-25-19(14-7-5-4-6-8-14)18(21(27)22(25)28)20(26)16-13-15(23)9-10-17(16)29-3/h4-10,13,19,26H,11-12H2,1-3H3/t19-/m0/s1. The topological polar surface area (TPSA) is 70.1 Å². The Morgan fingerprint density at radius 2 is 1.86 bits per heavy atom. The van der Waals surface area contributed by atoms with Crippen molar-refractivity contribution in [3.63, 3.8) is 0 Å². The van der Waals surface area contributed by atoms with Gasteiger partial charge in [-0.1, -0.05) is 30.3 Å². The third kappa shape index (κ3) is 4.00. The van der Waals surface area contributed by atoms with Crippen LogP contribution in [0.2, 0.25) is 0 Å². The van der Waals surface area contributed by atoms with E-state index in [-0.39, 0.29) is 16.9 Å². The number of hydrogen-bond acceptors (Lipinski definition) is 5. The van der Waals surface area contributed by atoms with Crippen LogP contribution in [0.1, 0.15) is 17.2 Å². The summed E-state index contributed by atoms with van der Waals surface area (Å²) in [5.41, 5.74) is 0.630. The van der Waals surface area contributed by atoms with E-state index in [4.69, 9.17) is 4.74 Å². The lowest BCUT2D eigenvalue weighted by Crippen LogP contribution is -2.35. The van der Waals surface area contributed by atoms with Gasteiger partial charge in [-0.2, -0.15) is 0 Å². The first-order chi connectivity index (χ1) is 13.8. The van der Waals surface area contributed by atoms with E-state index in [1.54, 1.807) is 24.3 Å². The summed E-state index contributed by atoms with van der Waals surface area (Å²) >= 11 is 0. The monoisotopic (exact) mass is 398 g/mol. The zero-order chi connectivity index (χ0) is 21.1. The van der Waals surface area contributed by atoms with E-state index >= 15 is 0 Å². The lowest BCUT2D eigenvalue weighted by atomic mass is 9.95. The van der Waals surface area contributed by atoms with E-state index in [1.165, 1.54) is 24.1 Å². The SMILES string of the molecule is COc1ccc(F)cc1C(O)=C1C(=O)C(=O)N(CCN(C)C)[C@H]1c1ccccc1. The number of halogens is 1. The first-order valence-corrected chi connectivity index (χ1v) is 9.17. The maximum Gasteiger partial charge on any atom is 0.295 e. The van der Waals surface area contributed by atoms with E-state index in [0.717, 1.165) is 6.07 Å². The van der Waals surface area contributed by atoms with E-state index in [0.29, 0.717) is 18.7 Å². The van der Waals surface area contributed by atoms with Gasteiger partial charge in [0.1, 0.15) is 17.3 Å². The van der Waals surface area contributed by atoms with Crippen molar-refractivity contribution in [2.45, 2.75) is 6.04 Å². The van der Waals surface area contributed by atoms with Crippen LogP contribution in [-0.2, 0) is 9.59 Å². The van der Waals surface area contributed by atoms with Crippen molar-refractivity contribution in [2.75, 3.05) is 34.3 Å². The number of aliphatic hydroxyl groups excluding tert-OH is 1. The number of likely N-dealkylation sites (tertiary alicyclic amines) is 1. The highest BCUT2D eigenvalue weighted by molar-refractivity contribution is 6.46. The Labute approximate surface area is 168 Å². The molecule has 1 amide bonds. The summed E-state index contributed by atoms with van der Waals surface area (Å²) in [6.45, 7) is 0.841. The molecule has 1 N–H and O–H groups in total. The second-order valence-electron chi connectivity index (χ2n) is 7.05. The molecule has 0 aromatic heterocycles. The number of Topliss-reactive ketones (excluding diaryl/α,β-unsaturated/α-hetero) is 1. The van der Waals surface area contributed by atoms with Gasteiger partial charge in [0.05, 0.1) is 24.3 Å². The molecular weight excluding hydrogens is 375 g/mol. The number of benzene rings is 2. The average Bonchev–Trinajstić information content (AvgIpc) is 2.97. The highest BCUT2D eigenvalue weighted by Gasteiger charge is 2.46. The largest absolute Gasteiger partial charge is 0.507 e. The van der Waals surface area contributed by atoms with Gasteiger partial charge in [-0.3, -0.25) is 9.59 Å². The molecule has 0 radical (unpaired) electrons. The number of hydrogen-bond donors (Lipinski definition) is 1. The molecule has 1 atom stereocenters. The molecule has 7 heteroatoms. The van der Waals surface area contributed by atoms with Gasteiger partial charge in [-0.15, -0.1) is 0 Å². The third-order valence-corrected chi connectivity index (χ3v) is 4.86. The van der Waals surface area contributed by atoms with Crippen LogP contribution in [0.3, 0.4) is 0 Å². The lowest BCUT2D eigenvalue weighted by Gasteiger charge is -2.26. The Bertz CT molecular complexity index is 957. The van der Waals surface area contributed by atoms with Crippen LogP contribution in [-0.4, -0.2) is 60.9 Å². The minimum absolute atomic E-state index is 0.0269. The molecule has 2 aromatic carbocycles. The molecule has 0 unspecified atom stereocenters. The van der Waals surface area contributed by atoms with E-state index in [1.807, 2.05) is 25.1 Å². The van der Waals surface area contributed by atoms with E-state index < -0.39 is 29.3 Å². The van der Waals surface area contributed by atoms with E-state index in [2.05, 4.69) is 0 Å². The Hall–Kier alpha value is -3.19. The summed E-state index contributed by atoms with van der Waals surface area (Å²) < 4.78 is 19.1. The van der Waals surface area contributed by atoms with Gasteiger partial charge in [0.2, 0.25) is 0 Å². The number of carbonyl (C=O) groups excluding carboxylic acids is 2. The predicted molar refractivity (Wildman–Crippen MR) is 107 cm³/mol. The molecule has 0 aliphatic carbocycles. The van der Waals surface area contributed by atoms with Crippen molar-refractivity contribution >= 4 is 17.4 Å². The second-order valence-corrected chi connectivity index (χ2v) is 7.05. The smallest absolute Gasteiger partial charge is 0.295 e. The van der Waals surface area contributed by atoms with Gasteiger partial charge in [-0.25, -0.2) is 4.39 Å². The molecule has 0 spiro atoms. The van der Waals surface area contributed by atoms with Crippen LogP contribution in [0, 0.1) is 5.82 Å². The van der Waals surface area contributed by atoms with Crippen LogP contribution >= 0.6 is 0 Å². The fourth-order valence-corrected chi connectivity index (χ4v) is 3.41. The maximum atomic E-state index is 13.9. The summed E-state index contributed by atoms with van der Waals surface area (Å²) in [5.74, 6) is -2.35. The zero-order valence-electron chi connectivity index (χ0n) is 16.6. The summed E-state index contributed by atoms with van der Waals surface area (Å²) in [6.07, 6.45) is 0. The minimum Gasteiger partial charge on any atom is -0.507 e. The summed E-state index contributed by atoms with van der Waals surface area (Å²) in [5, 5.41) is 11.0. The number of likely N-dealkylation sites (N-methyl/N-ethyl adjacent to an activating group) is 1. The summed E-state index contributed by atoms with van der Waals surface area (Å²) in [7, 11) is 5.12. The van der Waals surface area contributed by atoms with Crippen LogP contribution < -0.4 is 4.74 Å². The number of rotatable bonds is 6. The van der Waals surface area contributed by atoms with Crippen LogP contribution in [0.4, 0.5) is 4.39 Å². The molecule has 1 aliphatic rings. The van der Waals surface area contributed by atoms with Crippen molar-refractivity contribution in [1.82, 2.24) is 9.80 Å². The molecule has 1 saturated heterocycles. The normalized spacial score (nSPS) is 18.5. The molecule has 1 fully saturated rings. The number of ketones is 1. The Kier molecular flexibility index (Phi) is 5.98. The number of nitrogens with zero attached hydrogens (tertiary/aromatic N) is 2. The molecule has 0 saturated carbocycles. The minimum atomic E-state index is -0.804. The van der Waals surface area contributed by atoms with Gasteiger partial charge in [0.25, 0.3) is 11.7 Å². The van der Waals surface area contributed by atoms with Crippen molar-refractivity contribution in [3.8, 4) is 5.75 Å². The number of ether oxygens (including phenoxy) is 1. The van der Waals surface area contributed by atoms with Crippen molar-refractivity contribution in [3.05, 3.63) is 71.0 Å². The van der Waals surface area contributed by atoms with E-state index in [9.17, 15) is 19.1 Å². The molecule has 6 nitrogen and oxygen atoms in total. The lowest BCUT2D eigenvalue weighted by molar-refractivity contribution is -0.140. The molecule has 3 rings (SSSR count). The number of carbonyl (C=O) groups is 2. The highest BCUT2D eigenvalue weighted by Crippen LogP contribution is 2.40.